The van der Waals surface area contributed by atoms with E-state index in [9.17, 15) is 9.59 Å². The second-order valence-corrected chi connectivity index (χ2v) is 6.67. The average molecular weight is 423 g/mol. The number of hydrogen-bond acceptors (Lipinski definition) is 4. The number of halogens is 2. The summed E-state index contributed by atoms with van der Waals surface area (Å²) < 4.78 is 11.8. The van der Waals surface area contributed by atoms with Crippen LogP contribution in [0.2, 0.25) is 5.02 Å². The van der Waals surface area contributed by atoms with Crippen LogP contribution in [0.1, 0.15) is 12.5 Å². The third-order valence-electron chi connectivity index (χ3n) is 3.43. The van der Waals surface area contributed by atoms with E-state index in [1.165, 1.54) is 13.0 Å². The number of nitrogens with one attached hydrogen (secondary N) is 1. The van der Waals surface area contributed by atoms with Crippen LogP contribution in [0.4, 0.5) is 5.69 Å². The Morgan fingerprint density at radius 1 is 1.24 bits per heavy atom. The number of anilines is 1. The maximum atomic E-state index is 11.8. The maximum Gasteiger partial charge on any atom is 0.336 e. The van der Waals surface area contributed by atoms with Gasteiger partial charge in [-0.05, 0) is 30.3 Å². The monoisotopic (exact) mass is 421 g/mol. The van der Waals surface area contributed by atoms with Crippen LogP contribution in [-0.4, -0.2) is 5.91 Å². The molecule has 25 heavy (non-hydrogen) atoms. The summed E-state index contributed by atoms with van der Waals surface area (Å²) in [6, 6.07) is 11.8. The van der Waals surface area contributed by atoms with E-state index in [0.29, 0.717) is 27.6 Å². The lowest BCUT2D eigenvalue weighted by Gasteiger charge is -2.10. The smallest absolute Gasteiger partial charge is 0.336 e. The third kappa shape index (κ3) is 4.21. The summed E-state index contributed by atoms with van der Waals surface area (Å²) in [7, 11) is 0. The van der Waals surface area contributed by atoms with Crippen molar-refractivity contribution in [2.45, 2.75) is 13.5 Å². The number of carbonyl (C=O) groups excluding carboxylic acids is 1. The fourth-order valence-electron chi connectivity index (χ4n) is 2.38. The summed E-state index contributed by atoms with van der Waals surface area (Å²) in [4.78, 5) is 23.0. The van der Waals surface area contributed by atoms with E-state index in [0.717, 1.165) is 9.86 Å². The molecule has 1 amide bonds. The van der Waals surface area contributed by atoms with Crippen LogP contribution < -0.4 is 15.7 Å². The Balaban J connectivity index is 1.92. The highest BCUT2D eigenvalue weighted by molar-refractivity contribution is 9.10. The molecule has 0 atom stereocenters. The molecule has 1 heterocycles. The summed E-state index contributed by atoms with van der Waals surface area (Å²) in [6.45, 7) is 1.57. The standard InChI is InChI=1S/C18H13BrClNO4/c1-10(22)21-13-3-4-14-11(6-18(23)25-17(14)8-13)9-24-16-5-2-12(19)7-15(16)20/h2-8H,9H2,1H3,(H,21,22). The van der Waals surface area contributed by atoms with Gasteiger partial charge in [-0.2, -0.15) is 0 Å². The Bertz CT molecular complexity index is 1020. The predicted molar refractivity (Wildman–Crippen MR) is 100 cm³/mol. The van der Waals surface area contributed by atoms with E-state index in [4.69, 9.17) is 20.8 Å². The van der Waals surface area contributed by atoms with E-state index in [1.54, 1.807) is 30.3 Å². The van der Waals surface area contributed by atoms with E-state index in [1.807, 2.05) is 6.07 Å². The molecule has 7 heteroatoms. The van der Waals surface area contributed by atoms with Crippen molar-refractivity contribution in [2.75, 3.05) is 5.32 Å². The van der Waals surface area contributed by atoms with Gasteiger partial charge in [0.05, 0.1) is 5.02 Å². The summed E-state index contributed by atoms with van der Waals surface area (Å²) >= 11 is 9.47. The van der Waals surface area contributed by atoms with Gasteiger partial charge in [0, 0.05) is 40.2 Å². The van der Waals surface area contributed by atoms with Crippen molar-refractivity contribution in [3.8, 4) is 5.75 Å². The van der Waals surface area contributed by atoms with Gasteiger partial charge in [-0.15, -0.1) is 0 Å². The van der Waals surface area contributed by atoms with Crippen molar-refractivity contribution < 1.29 is 13.9 Å². The van der Waals surface area contributed by atoms with Gasteiger partial charge >= 0.3 is 5.63 Å². The Morgan fingerprint density at radius 2 is 2.04 bits per heavy atom. The Labute approximate surface area is 156 Å². The summed E-state index contributed by atoms with van der Waals surface area (Å²) in [6.07, 6.45) is 0. The molecule has 0 spiro atoms. The van der Waals surface area contributed by atoms with E-state index in [2.05, 4.69) is 21.2 Å². The second-order valence-electron chi connectivity index (χ2n) is 5.35. The number of rotatable bonds is 4. The van der Waals surface area contributed by atoms with Gasteiger partial charge in [0.2, 0.25) is 5.91 Å². The molecule has 3 aromatic rings. The van der Waals surface area contributed by atoms with Gasteiger partial charge in [-0.1, -0.05) is 27.5 Å². The quantitative estimate of drug-likeness (QED) is 0.616. The predicted octanol–water partition coefficient (Wildman–Crippen LogP) is 4.75. The largest absolute Gasteiger partial charge is 0.487 e. The minimum absolute atomic E-state index is 0.156. The molecule has 5 nitrogen and oxygen atoms in total. The van der Waals surface area contributed by atoms with Crippen molar-refractivity contribution >= 4 is 50.1 Å². The minimum Gasteiger partial charge on any atom is -0.487 e. The lowest BCUT2D eigenvalue weighted by molar-refractivity contribution is -0.114. The first-order valence-electron chi connectivity index (χ1n) is 7.34. The zero-order valence-electron chi connectivity index (χ0n) is 13.1. The third-order valence-corrected chi connectivity index (χ3v) is 4.22. The first-order valence-corrected chi connectivity index (χ1v) is 8.52. The molecule has 128 valence electrons. The van der Waals surface area contributed by atoms with Crippen LogP contribution in [0.25, 0.3) is 11.0 Å². The molecular formula is C18H13BrClNO4. The normalized spacial score (nSPS) is 10.7. The fraction of sp³-hybridized carbons (Fsp3) is 0.111. The molecule has 0 unspecified atom stereocenters. The Hall–Kier alpha value is -2.31. The number of fused-ring (bicyclic) bond motifs is 1. The topological polar surface area (TPSA) is 68.5 Å². The lowest BCUT2D eigenvalue weighted by atomic mass is 10.1. The van der Waals surface area contributed by atoms with Crippen molar-refractivity contribution in [1.82, 2.24) is 0 Å². The summed E-state index contributed by atoms with van der Waals surface area (Å²) in [5.74, 6) is 0.312. The van der Waals surface area contributed by atoms with Crippen LogP contribution in [0, 0.1) is 0 Å². The highest BCUT2D eigenvalue weighted by atomic mass is 79.9. The van der Waals surface area contributed by atoms with Crippen molar-refractivity contribution in [3.63, 3.8) is 0 Å². The van der Waals surface area contributed by atoms with Crippen LogP contribution in [0.5, 0.6) is 5.75 Å². The molecule has 0 saturated heterocycles. The lowest BCUT2D eigenvalue weighted by Crippen LogP contribution is -2.07. The average Bonchev–Trinajstić information content (AvgIpc) is 2.52. The number of hydrogen-bond donors (Lipinski definition) is 1. The molecule has 0 fully saturated rings. The molecule has 0 saturated carbocycles. The molecule has 1 N–H and O–H groups in total. The molecule has 0 radical (unpaired) electrons. The van der Waals surface area contributed by atoms with Crippen LogP contribution in [0.15, 0.2) is 56.1 Å². The zero-order chi connectivity index (χ0) is 18.0. The number of amides is 1. The Morgan fingerprint density at radius 3 is 2.76 bits per heavy atom. The van der Waals surface area contributed by atoms with Crippen molar-refractivity contribution in [2.24, 2.45) is 0 Å². The molecule has 0 bridgehead atoms. The van der Waals surface area contributed by atoms with Gasteiger partial charge in [0.25, 0.3) is 0 Å². The molecule has 1 aromatic heterocycles. The molecule has 0 aliphatic rings. The first kappa shape index (κ1) is 17.5. The molecule has 0 aliphatic carbocycles. The molecule has 2 aromatic carbocycles. The highest BCUT2D eigenvalue weighted by Crippen LogP contribution is 2.29. The Kier molecular flexibility index (Phi) is 5.11. The van der Waals surface area contributed by atoms with Crippen LogP contribution in [-0.2, 0) is 11.4 Å². The first-order chi connectivity index (χ1) is 11.9. The fourth-order valence-corrected chi connectivity index (χ4v) is 3.11. The zero-order valence-corrected chi connectivity index (χ0v) is 15.5. The van der Waals surface area contributed by atoms with Crippen molar-refractivity contribution in [3.05, 3.63) is 67.9 Å². The van der Waals surface area contributed by atoms with Gasteiger partial charge in [0.15, 0.2) is 0 Å². The van der Waals surface area contributed by atoms with Crippen LogP contribution in [0.3, 0.4) is 0 Å². The van der Waals surface area contributed by atoms with E-state index < -0.39 is 5.63 Å². The molecular weight excluding hydrogens is 410 g/mol. The van der Waals surface area contributed by atoms with Gasteiger partial charge < -0.3 is 14.5 Å². The van der Waals surface area contributed by atoms with Gasteiger partial charge in [-0.3, -0.25) is 4.79 Å². The van der Waals surface area contributed by atoms with E-state index >= 15 is 0 Å². The van der Waals surface area contributed by atoms with Crippen LogP contribution >= 0.6 is 27.5 Å². The summed E-state index contributed by atoms with van der Waals surface area (Å²) in [5.41, 5.74) is 1.10. The van der Waals surface area contributed by atoms with Gasteiger partial charge in [0.1, 0.15) is 17.9 Å². The van der Waals surface area contributed by atoms with E-state index in [-0.39, 0.29) is 12.5 Å². The SMILES string of the molecule is CC(=O)Nc1ccc2c(COc3ccc(Br)cc3Cl)cc(=O)oc2c1. The maximum absolute atomic E-state index is 11.8. The molecule has 3 rings (SSSR count). The number of benzene rings is 2. The highest BCUT2D eigenvalue weighted by Gasteiger charge is 2.09. The second kappa shape index (κ2) is 7.29. The minimum atomic E-state index is -0.493. The summed E-state index contributed by atoms with van der Waals surface area (Å²) in [5, 5.41) is 3.84. The number of ether oxygens (including phenoxy) is 1. The van der Waals surface area contributed by atoms with Crippen molar-refractivity contribution in [1.29, 1.82) is 0 Å². The molecule has 0 aliphatic heterocycles. The number of carbonyl (C=O) groups is 1. The van der Waals surface area contributed by atoms with Gasteiger partial charge in [-0.25, -0.2) is 4.79 Å².